The number of alkyl halides is 13. The molecule has 0 rings (SSSR count). The van der Waals surface area contributed by atoms with Crippen molar-refractivity contribution in [3.63, 3.8) is 0 Å². The van der Waals surface area contributed by atoms with Gasteiger partial charge in [-0.25, -0.2) is 4.79 Å². The first-order valence-corrected chi connectivity index (χ1v) is 5.42. The summed E-state index contributed by atoms with van der Waals surface area (Å²) in [6, 6.07) is 0. The molecule has 1 atom stereocenters. The van der Waals surface area contributed by atoms with Crippen LogP contribution in [-0.4, -0.2) is 36.5 Å². The quantitative estimate of drug-likeness (QED) is 0.376. The molecule has 148 valence electrons. The third-order valence-electron chi connectivity index (χ3n) is 2.70. The van der Waals surface area contributed by atoms with Crippen LogP contribution in [0.1, 0.15) is 6.92 Å². The highest BCUT2D eigenvalue weighted by molar-refractivity contribution is 5.87. The van der Waals surface area contributed by atoms with Crippen LogP contribution in [0.3, 0.4) is 0 Å². The van der Waals surface area contributed by atoms with Crippen LogP contribution in [-0.2, 0) is 9.53 Å². The molecule has 0 spiro atoms. The lowest BCUT2D eigenvalue weighted by Crippen LogP contribution is -2.75. The maximum Gasteiger partial charge on any atom is 0.462 e. The van der Waals surface area contributed by atoms with Gasteiger partial charge in [0.2, 0.25) is 0 Å². The van der Waals surface area contributed by atoms with Gasteiger partial charge in [-0.3, -0.25) is 0 Å². The second-order valence-electron chi connectivity index (χ2n) is 4.51. The molecule has 25 heavy (non-hydrogen) atoms. The van der Waals surface area contributed by atoms with Crippen molar-refractivity contribution in [1.29, 1.82) is 0 Å². The Hall–Kier alpha value is -1.70. The Morgan fingerprint density at radius 2 is 0.960 bits per heavy atom. The van der Waals surface area contributed by atoms with Gasteiger partial charge in [0.25, 0.3) is 0 Å². The zero-order valence-corrected chi connectivity index (χ0v) is 11.4. The first-order valence-electron chi connectivity index (χ1n) is 5.42. The van der Waals surface area contributed by atoms with Gasteiger partial charge in [0.05, 0.1) is 0 Å². The van der Waals surface area contributed by atoms with Gasteiger partial charge in [0.15, 0.2) is 0 Å². The highest BCUT2D eigenvalue weighted by Crippen LogP contribution is 2.69. The van der Waals surface area contributed by atoms with Gasteiger partial charge in [-0.15, -0.1) is 0 Å². The summed E-state index contributed by atoms with van der Waals surface area (Å²) in [5, 5.41) is 0. The third kappa shape index (κ3) is 3.36. The van der Waals surface area contributed by atoms with Gasteiger partial charge in [-0.05, 0) is 6.92 Å². The number of ether oxygens (including phenoxy) is 1. The molecule has 0 saturated heterocycles. The van der Waals surface area contributed by atoms with E-state index in [2.05, 4.69) is 11.3 Å². The molecular weight excluding hydrogens is 399 g/mol. The summed E-state index contributed by atoms with van der Waals surface area (Å²) in [5.41, 5.74) is -9.50. The van der Waals surface area contributed by atoms with Crippen LogP contribution in [0.5, 0.6) is 0 Å². The number of hydrogen-bond acceptors (Lipinski definition) is 2. The van der Waals surface area contributed by atoms with Crippen molar-refractivity contribution in [3.8, 4) is 0 Å². The summed E-state index contributed by atoms with van der Waals surface area (Å²) in [4.78, 5) is 10.9. The van der Waals surface area contributed by atoms with E-state index >= 15 is 0 Å². The Kier molecular flexibility index (Phi) is 5.53. The maximum absolute atomic E-state index is 13.9. The molecule has 2 nitrogen and oxygen atoms in total. The van der Waals surface area contributed by atoms with E-state index in [0.29, 0.717) is 6.92 Å². The first-order chi connectivity index (χ1) is 10.6. The Morgan fingerprint density at radius 1 is 0.680 bits per heavy atom. The number of carbonyl (C=O) groups excluding carboxylic acids is 1. The molecule has 0 bridgehead atoms. The highest BCUT2D eigenvalue weighted by Gasteiger charge is 2.99. The molecule has 0 aromatic carbocycles. The molecule has 0 aromatic rings. The van der Waals surface area contributed by atoms with Crippen LogP contribution in [0.4, 0.5) is 57.1 Å². The first kappa shape index (κ1) is 23.3. The zero-order valence-electron chi connectivity index (χ0n) is 11.4. The Morgan fingerprint density at radius 3 is 1.12 bits per heavy atom. The molecule has 0 heterocycles. The summed E-state index contributed by atoms with van der Waals surface area (Å²) in [7, 11) is 0. The van der Waals surface area contributed by atoms with Crippen molar-refractivity contribution in [1.82, 2.24) is 0 Å². The van der Waals surface area contributed by atoms with E-state index in [1.54, 1.807) is 0 Å². The molecule has 0 aromatic heterocycles. The van der Waals surface area contributed by atoms with E-state index in [9.17, 15) is 61.9 Å². The van der Waals surface area contributed by atoms with E-state index in [4.69, 9.17) is 0 Å². The minimum atomic E-state index is -8.11. The van der Waals surface area contributed by atoms with Gasteiger partial charge >= 0.3 is 41.9 Å². The Labute approximate surface area is 129 Å². The molecule has 1 unspecified atom stereocenters. The van der Waals surface area contributed by atoms with Gasteiger partial charge < -0.3 is 4.74 Å². The molecule has 0 aliphatic carbocycles. The van der Waals surface area contributed by atoms with Crippen LogP contribution in [0.25, 0.3) is 0 Å². The normalized spacial score (nSPS) is 17.0. The van der Waals surface area contributed by atoms with Gasteiger partial charge in [-0.2, -0.15) is 57.1 Å². The fourth-order valence-electron chi connectivity index (χ4n) is 1.59. The van der Waals surface area contributed by atoms with E-state index in [1.807, 2.05) is 0 Å². The minimum Gasteiger partial charge on any atom is -0.415 e. The lowest BCUT2D eigenvalue weighted by atomic mass is 9.76. The largest absolute Gasteiger partial charge is 0.462 e. The predicted molar refractivity (Wildman–Crippen MR) is 51.4 cm³/mol. The third-order valence-corrected chi connectivity index (χ3v) is 2.70. The SMILES string of the molecule is C=C(C)C(=O)OC(F)(C(F)(F)F)C(C(F)(F)F)(C(F)(F)F)C(F)(F)F. The number of hydrogen-bond donors (Lipinski definition) is 0. The summed E-state index contributed by atoms with van der Waals surface area (Å²) in [6.07, 6.45) is -31.5. The van der Waals surface area contributed by atoms with Crippen molar-refractivity contribution in [2.24, 2.45) is 5.41 Å². The van der Waals surface area contributed by atoms with Gasteiger partial charge in [0.1, 0.15) is 0 Å². The summed E-state index contributed by atoms with van der Waals surface area (Å²) in [6.45, 7) is 2.78. The Balaban J connectivity index is 7.25. The molecule has 0 N–H and O–H groups in total. The number of esters is 1. The Bertz CT molecular complexity index is 499. The molecule has 0 radical (unpaired) electrons. The lowest BCUT2D eigenvalue weighted by Gasteiger charge is -2.46. The van der Waals surface area contributed by atoms with Gasteiger partial charge in [0, 0.05) is 5.57 Å². The number of rotatable bonds is 3. The van der Waals surface area contributed by atoms with Crippen molar-refractivity contribution in [2.45, 2.75) is 37.5 Å². The van der Waals surface area contributed by atoms with E-state index in [1.165, 1.54) is 0 Å². The minimum absolute atomic E-state index is 0.343. The van der Waals surface area contributed by atoms with Crippen LogP contribution >= 0.6 is 0 Å². The second kappa shape index (κ2) is 5.93. The lowest BCUT2D eigenvalue weighted by molar-refractivity contribution is -0.519. The molecular formula is C10H5F13O2. The van der Waals surface area contributed by atoms with E-state index in [0.717, 1.165) is 0 Å². The average molecular weight is 404 g/mol. The second-order valence-corrected chi connectivity index (χ2v) is 4.51. The fraction of sp³-hybridized carbons (Fsp3) is 0.700. The fourth-order valence-corrected chi connectivity index (χ4v) is 1.59. The van der Waals surface area contributed by atoms with Crippen molar-refractivity contribution >= 4 is 5.97 Å². The standard InChI is InChI=1S/C10H5F13O2/c1-3(2)4(24)25-6(11,10(21,22)23)5(7(12,13)14,8(15,16)17)9(18,19)20/h1H2,2H3. The smallest absolute Gasteiger partial charge is 0.415 e. The molecule has 0 aliphatic heterocycles. The van der Waals surface area contributed by atoms with Gasteiger partial charge in [-0.1, -0.05) is 6.58 Å². The molecule has 0 fully saturated rings. The number of halogens is 13. The molecule has 0 saturated carbocycles. The van der Waals surface area contributed by atoms with E-state index in [-0.39, 0.29) is 0 Å². The van der Waals surface area contributed by atoms with Crippen molar-refractivity contribution < 1.29 is 66.6 Å². The molecule has 0 amide bonds. The van der Waals surface area contributed by atoms with Crippen LogP contribution < -0.4 is 0 Å². The summed E-state index contributed by atoms with van der Waals surface area (Å²) >= 11 is 0. The van der Waals surface area contributed by atoms with Crippen molar-refractivity contribution in [2.75, 3.05) is 0 Å². The van der Waals surface area contributed by atoms with Crippen LogP contribution in [0.15, 0.2) is 12.2 Å². The zero-order chi connectivity index (χ0) is 20.9. The summed E-state index contributed by atoms with van der Waals surface area (Å²) < 4.78 is 168. The van der Waals surface area contributed by atoms with Crippen LogP contribution in [0.2, 0.25) is 0 Å². The molecule has 15 heteroatoms. The number of carbonyl (C=O) groups is 1. The average Bonchev–Trinajstić information content (AvgIpc) is 2.20. The topological polar surface area (TPSA) is 26.3 Å². The molecule has 0 aliphatic rings. The monoisotopic (exact) mass is 404 g/mol. The van der Waals surface area contributed by atoms with Crippen LogP contribution in [0, 0.1) is 5.41 Å². The maximum atomic E-state index is 13.9. The van der Waals surface area contributed by atoms with E-state index < -0.39 is 47.5 Å². The predicted octanol–water partition coefficient (Wildman–Crippen LogP) is 5.01. The van der Waals surface area contributed by atoms with Crippen molar-refractivity contribution in [3.05, 3.63) is 12.2 Å². The highest BCUT2D eigenvalue weighted by atomic mass is 19.4. The summed E-state index contributed by atoms with van der Waals surface area (Å²) in [5.74, 6) is -10.5.